The molecule has 0 aromatic heterocycles. The van der Waals surface area contributed by atoms with Crippen LogP contribution in [0.15, 0.2) is 48.5 Å². The summed E-state index contributed by atoms with van der Waals surface area (Å²) in [6.07, 6.45) is -1.05. The molecule has 45 heavy (non-hydrogen) atoms. The lowest BCUT2D eigenvalue weighted by molar-refractivity contribution is -0.192. The number of alkyl halides is 4. The highest BCUT2D eigenvalue weighted by molar-refractivity contribution is 5.76. The van der Waals surface area contributed by atoms with Crippen molar-refractivity contribution in [2.45, 2.75) is 76.4 Å². The first-order chi connectivity index (χ1) is 21.4. The second kappa shape index (κ2) is 19.7. The van der Waals surface area contributed by atoms with E-state index >= 15 is 0 Å². The minimum Gasteiger partial charge on any atom is -0.497 e. The summed E-state index contributed by atoms with van der Waals surface area (Å²) in [5.41, 5.74) is 0.687. The maximum Gasteiger partial charge on any atom is 0.490 e. The van der Waals surface area contributed by atoms with Gasteiger partial charge in [-0.15, -0.1) is 0 Å². The Bertz CT molecular complexity index is 1130. The van der Waals surface area contributed by atoms with Crippen LogP contribution >= 0.6 is 0 Å². The van der Waals surface area contributed by atoms with Crippen molar-refractivity contribution in [3.8, 4) is 17.2 Å². The number of benzene rings is 2. The van der Waals surface area contributed by atoms with E-state index in [0.717, 1.165) is 24.3 Å². The van der Waals surface area contributed by atoms with Gasteiger partial charge in [-0.2, -0.15) is 13.2 Å². The zero-order valence-electron chi connectivity index (χ0n) is 25.7. The van der Waals surface area contributed by atoms with Gasteiger partial charge in [0.1, 0.15) is 29.5 Å². The Kier molecular flexibility index (Phi) is 16.5. The number of likely N-dealkylation sites (tertiary alicyclic amines) is 1. The van der Waals surface area contributed by atoms with Crippen molar-refractivity contribution >= 4 is 11.9 Å². The van der Waals surface area contributed by atoms with Gasteiger partial charge in [-0.25, -0.2) is 9.18 Å². The van der Waals surface area contributed by atoms with Crippen molar-refractivity contribution < 1.29 is 51.6 Å². The highest BCUT2D eigenvalue weighted by atomic mass is 19.4. The van der Waals surface area contributed by atoms with Crippen LogP contribution in [-0.4, -0.2) is 85.3 Å². The number of halogens is 4. The van der Waals surface area contributed by atoms with Crippen LogP contribution in [0.25, 0.3) is 0 Å². The number of nitrogens with one attached hydrogen (secondary N) is 1. The smallest absolute Gasteiger partial charge is 0.490 e. The molecular formula is C32H44F4N2O7. The number of hydrogen-bond acceptors (Lipinski definition) is 7. The lowest BCUT2D eigenvalue weighted by Gasteiger charge is -2.29. The van der Waals surface area contributed by atoms with E-state index in [1.54, 1.807) is 7.11 Å². The van der Waals surface area contributed by atoms with Crippen LogP contribution in [-0.2, 0) is 9.59 Å². The van der Waals surface area contributed by atoms with Crippen molar-refractivity contribution in [1.82, 2.24) is 10.2 Å². The standard InChI is InChI=1S/C30H43FN2O5.C2HF3O2/c1-3-4-5-6-19-37-26-11-9-23(10-12-26)30(35)28(22-33-18-17-24(31)21-33)32-29(34)8-7-20-38-27-15-13-25(36-2)14-16-27;3-2(4,5)1(6)7/h9-16,24,28,30,35H,3-8,17-22H2,1-2H3,(H,32,34);(H,6,7)/t24-,28-,30-;/m1./s1. The second-order valence-corrected chi connectivity index (χ2v) is 10.7. The molecule has 0 aliphatic carbocycles. The van der Waals surface area contributed by atoms with Crippen molar-refractivity contribution in [3.05, 3.63) is 54.1 Å². The SMILES string of the molecule is CCCCCCOc1ccc([C@@H](O)[C@@H](CN2CC[C@@H](F)C2)NC(=O)CCCOc2ccc(OC)cc2)cc1.O=C(O)C(F)(F)F. The molecule has 0 radical (unpaired) electrons. The van der Waals surface area contributed by atoms with Crippen molar-refractivity contribution in [3.63, 3.8) is 0 Å². The zero-order valence-corrected chi connectivity index (χ0v) is 25.7. The third kappa shape index (κ3) is 14.8. The quantitative estimate of drug-likeness (QED) is 0.148. The van der Waals surface area contributed by atoms with Gasteiger partial charge in [0, 0.05) is 26.1 Å². The van der Waals surface area contributed by atoms with Gasteiger partial charge >= 0.3 is 12.1 Å². The zero-order chi connectivity index (χ0) is 33.2. The predicted molar refractivity (Wildman–Crippen MR) is 160 cm³/mol. The first kappa shape index (κ1) is 37.6. The minimum absolute atomic E-state index is 0.171. The molecule has 252 valence electrons. The number of rotatable bonds is 17. The van der Waals surface area contributed by atoms with Crippen molar-refractivity contribution in [1.29, 1.82) is 0 Å². The van der Waals surface area contributed by atoms with Crippen LogP contribution < -0.4 is 19.5 Å². The number of carbonyl (C=O) groups is 2. The fraction of sp³-hybridized carbons (Fsp3) is 0.562. The summed E-state index contributed by atoms with van der Waals surface area (Å²) in [7, 11) is 1.61. The molecule has 9 nitrogen and oxygen atoms in total. The molecule has 2 aromatic rings. The molecule has 0 unspecified atom stereocenters. The van der Waals surface area contributed by atoms with E-state index in [2.05, 4.69) is 12.2 Å². The largest absolute Gasteiger partial charge is 0.497 e. The van der Waals surface area contributed by atoms with E-state index in [0.29, 0.717) is 57.0 Å². The summed E-state index contributed by atoms with van der Waals surface area (Å²) < 4.78 is 62.2. The summed E-state index contributed by atoms with van der Waals surface area (Å²) >= 11 is 0. The lowest BCUT2D eigenvalue weighted by atomic mass is 10.0. The van der Waals surface area contributed by atoms with Gasteiger partial charge in [-0.1, -0.05) is 38.3 Å². The molecule has 0 spiro atoms. The van der Waals surface area contributed by atoms with Gasteiger partial charge < -0.3 is 29.7 Å². The molecular weight excluding hydrogens is 600 g/mol. The monoisotopic (exact) mass is 644 g/mol. The summed E-state index contributed by atoms with van der Waals surface area (Å²) in [6, 6.07) is 14.1. The molecule has 1 aliphatic rings. The van der Waals surface area contributed by atoms with Gasteiger partial charge in [0.2, 0.25) is 5.91 Å². The number of carbonyl (C=O) groups excluding carboxylic acids is 1. The minimum atomic E-state index is -5.08. The average Bonchev–Trinajstić information content (AvgIpc) is 3.43. The maximum absolute atomic E-state index is 13.8. The fourth-order valence-corrected chi connectivity index (χ4v) is 4.54. The van der Waals surface area contributed by atoms with E-state index in [1.165, 1.54) is 12.8 Å². The van der Waals surface area contributed by atoms with Crippen LogP contribution in [0.1, 0.15) is 63.5 Å². The number of aliphatic carboxylic acids is 1. The molecule has 3 N–H and O–H groups in total. The van der Waals surface area contributed by atoms with Crippen molar-refractivity contribution in [2.24, 2.45) is 0 Å². The number of ether oxygens (including phenoxy) is 3. The molecule has 13 heteroatoms. The highest BCUT2D eigenvalue weighted by Crippen LogP contribution is 2.23. The molecule has 0 bridgehead atoms. The van der Waals surface area contributed by atoms with Gasteiger partial charge in [-0.05, 0) is 61.2 Å². The van der Waals surface area contributed by atoms with Gasteiger partial charge in [-0.3, -0.25) is 9.69 Å². The molecule has 0 saturated carbocycles. The normalized spacial score (nSPS) is 16.2. The Balaban J connectivity index is 0.000000900. The molecule has 1 heterocycles. The van der Waals surface area contributed by atoms with Crippen molar-refractivity contribution in [2.75, 3.05) is 40.0 Å². The molecule has 2 aromatic carbocycles. The van der Waals surface area contributed by atoms with E-state index in [9.17, 15) is 27.5 Å². The number of methoxy groups -OCH3 is 1. The number of nitrogens with zero attached hydrogens (tertiary/aromatic N) is 1. The number of carboxylic acid groups (broad SMARTS) is 1. The first-order valence-corrected chi connectivity index (χ1v) is 15.1. The average molecular weight is 645 g/mol. The molecule has 1 amide bonds. The van der Waals surface area contributed by atoms with Gasteiger partial charge in [0.25, 0.3) is 0 Å². The third-order valence-corrected chi connectivity index (χ3v) is 7.00. The van der Waals surface area contributed by atoms with E-state index in [-0.39, 0.29) is 12.3 Å². The second-order valence-electron chi connectivity index (χ2n) is 10.7. The Labute approximate surface area is 261 Å². The first-order valence-electron chi connectivity index (χ1n) is 15.1. The molecule has 3 atom stereocenters. The van der Waals surface area contributed by atoms with E-state index in [1.807, 2.05) is 53.4 Å². The van der Waals surface area contributed by atoms with Crippen LogP contribution in [0.2, 0.25) is 0 Å². The molecule has 1 saturated heterocycles. The van der Waals surface area contributed by atoms with Gasteiger partial charge in [0.05, 0.1) is 26.4 Å². The number of aliphatic hydroxyl groups is 1. The Morgan fingerprint density at radius 3 is 2.02 bits per heavy atom. The number of carboxylic acids is 1. The van der Waals surface area contributed by atoms with Crippen LogP contribution in [0, 0.1) is 0 Å². The summed E-state index contributed by atoms with van der Waals surface area (Å²) in [5.74, 6) is -0.705. The number of unbranched alkanes of at least 4 members (excludes halogenated alkanes) is 3. The lowest BCUT2D eigenvalue weighted by Crippen LogP contribution is -2.47. The Hall–Kier alpha value is -3.58. The third-order valence-electron chi connectivity index (χ3n) is 7.00. The van der Waals surface area contributed by atoms with E-state index < -0.39 is 30.5 Å². The number of amides is 1. The van der Waals surface area contributed by atoms with Crippen LogP contribution in [0.4, 0.5) is 17.6 Å². The summed E-state index contributed by atoms with van der Waals surface area (Å²) in [4.78, 5) is 23.6. The van der Waals surface area contributed by atoms with E-state index in [4.69, 9.17) is 24.1 Å². The topological polar surface area (TPSA) is 118 Å². The maximum atomic E-state index is 13.8. The summed E-state index contributed by atoms with van der Waals surface area (Å²) in [5, 5.41) is 21.3. The molecule has 1 fully saturated rings. The molecule has 3 rings (SSSR count). The molecule has 1 aliphatic heterocycles. The van der Waals surface area contributed by atoms with Crippen LogP contribution in [0.3, 0.4) is 0 Å². The Morgan fingerprint density at radius 2 is 1.51 bits per heavy atom. The van der Waals surface area contributed by atoms with Gasteiger partial charge in [0.15, 0.2) is 0 Å². The Morgan fingerprint density at radius 1 is 0.956 bits per heavy atom. The van der Waals surface area contributed by atoms with Crippen LogP contribution in [0.5, 0.6) is 17.2 Å². The highest BCUT2D eigenvalue weighted by Gasteiger charge is 2.38. The fourth-order valence-electron chi connectivity index (χ4n) is 4.54. The number of aliphatic hydroxyl groups excluding tert-OH is 1. The number of hydrogen-bond donors (Lipinski definition) is 3. The predicted octanol–water partition coefficient (Wildman–Crippen LogP) is 5.71. The summed E-state index contributed by atoms with van der Waals surface area (Å²) in [6.45, 7) is 4.55.